The average Bonchev–Trinajstić information content (AvgIpc) is 3.16. The van der Waals surface area contributed by atoms with Crippen LogP contribution >= 0.6 is 0 Å². The quantitative estimate of drug-likeness (QED) is 0.0555. The Morgan fingerprint density at radius 2 is 0.830 bits per heavy atom. The number of unbranched alkanes of at least 4 members (excludes halogenated alkanes) is 14. The van der Waals surface area contributed by atoms with Crippen molar-refractivity contribution >= 4 is 23.4 Å². The van der Waals surface area contributed by atoms with Gasteiger partial charge in [0, 0.05) is 37.6 Å². The number of rotatable bonds is 32. The molecule has 0 bridgehead atoms. The molecule has 53 heavy (non-hydrogen) atoms. The smallest absolute Gasteiger partial charge is 0.321 e. The zero-order valence-electron chi connectivity index (χ0n) is 33.1. The average molecular weight is 741 g/mol. The monoisotopic (exact) mass is 741 g/mol. The second-order valence-electron chi connectivity index (χ2n) is 14.0. The number of benzene rings is 2. The van der Waals surface area contributed by atoms with Crippen LogP contribution in [-0.4, -0.2) is 97.9 Å². The number of carbonyl (C=O) groups is 2. The number of amides is 4. The summed E-state index contributed by atoms with van der Waals surface area (Å²) in [5, 5.41) is 24.2. The summed E-state index contributed by atoms with van der Waals surface area (Å²) in [4.78, 5) is 30.0. The van der Waals surface area contributed by atoms with Crippen molar-refractivity contribution in [3.63, 3.8) is 0 Å². The third kappa shape index (κ3) is 22.6. The van der Waals surface area contributed by atoms with Crippen molar-refractivity contribution in [3.05, 3.63) is 59.7 Å². The molecule has 0 aliphatic carbocycles. The number of aliphatic hydroxyl groups is 2. The van der Waals surface area contributed by atoms with Crippen LogP contribution in [0.25, 0.3) is 0 Å². The lowest BCUT2D eigenvalue weighted by Crippen LogP contribution is -2.38. The molecule has 0 unspecified atom stereocenters. The van der Waals surface area contributed by atoms with E-state index in [9.17, 15) is 9.59 Å². The minimum absolute atomic E-state index is 0.0288. The molecule has 4 amide bonds. The molecule has 0 aromatic heterocycles. The highest BCUT2D eigenvalue weighted by molar-refractivity contribution is 5.90. The maximum atomic E-state index is 13.2. The lowest BCUT2D eigenvalue weighted by Gasteiger charge is -2.23. The molecule has 10 nitrogen and oxygen atoms in total. The minimum atomic E-state index is -0.139. The highest BCUT2D eigenvalue weighted by Gasteiger charge is 2.15. The Morgan fingerprint density at radius 1 is 0.491 bits per heavy atom. The van der Waals surface area contributed by atoms with Gasteiger partial charge in [-0.15, -0.1) is 0 Å². The van der Waals surface area contributed by atoms with Gasteiger partial charge in [-0.1, -0.05) is 128 Å². The van der Waals surface area contributed by atoms with Gasteiger partial charge in [-0.05, 0) is 54.7 Å². The second kappa shape index (κ2) is 31.2. The summed E-state index contributed by atoms with van der Waals surface area (Å²) in [6.45, 7) is 8.04. The van der Waals surface area contributed by atoms with Gasteiger partial charge in [-0.2, -0.15) is 0 Å². The number of carbonyl (C=O) groups excluding carboxylic acids is 2. The Bertz CT molecular complexity index is 1090. The topological polar surface area (TPSA) is 124 Å². The van der Waals surface area contributed by atoms with E-state index in [4.69, 9.17) is 19.7 Å². The zero-order valence-corrected chi connectivity index (χ0v) is 33.1. The van der Waals surface area contributed by atoms with Crippen molar-refractivity contribution in [3.8, 4) is 0 Å². The summed E-state index contributed by atoms with van der Waals surface area (Å²) in [5.74, 6) is 0. The second-order valence-corrected chi connectivity index (χ2v) is 14.0. The van der Waals surface area contributed by atoms with Crippen LogP contribution in [0.3, 0.4) is 0 Å². The number of aliphatic hydroxyl groups excluding tert-OH is 2. The first-order valence-electron chi connectivity index (χ1n) is 20.7. The van der Waals surface area contributed by atoms with Crippen LogP contribution in [-0.2, 0) is 15.9 Å². The van der Waals surface area contributed by atoms with Crippen molar-refractivity contribution in [2.75, 3.05) is 76.5 Å². The van der Waals surface area contributed by atoms with E-state index in [1.807, 2.05) is 58.3 Å². The summed E-state index contributed by atoms with van der Waals surface area (Å²) in [5.41, 5.74) is 3.72. The minimum Gasteiger partial charge on any atom is -0.394 e. The predicted molar refractivity (Wildman–Crippen MR) is 218 cm³/mol. The van der Waals surface area contributed by atoms with Crippen LogP contribution in [0.1, 0.15) is 128 Å². The molecule has 4 N–H and O–H groups in total. The fourth-order valence-corrected chi connectivity index (χ4v) is 6.24. The van der Waals surface area contributed by atoms with Gasteiger partial charge in [-0.3, -0.25) is 0 Å². The first-order valence-corrected chi connectivity index (χ1v) is 20.7. The van der Waals surface area contributed by atoms with Crippen LogP contribution < -0.4 is 10.6 Å². The summed E-state index contributed by atoms with van der Waals surface area (Å²) in [7, 11) is 0. The highest BCUT2D eigenvalue weighted by atomic mass is 16.5. The molecule has 0 fully saturated rings. The Labute approximate surface area is 321 Å². The number of hydrogen-bond acceptors (Lipinski definition) is 6. The molecule has 2 rings (SSSR count). The van der Waals surface area contributed by atoms with E-state index in [0.717, 1.165) is 54.6 Å². The number of hydrogen-bond donors (Lipinski definition) is 4. The molecule has 0 saturated carbocycles. The van der Waals surface area contributed by atoms with E-state index < -0.39 is 0 Å². The molecule has 2 aromatic rings. The third-order valence-electron chi connectivity index (χ3n) is 9.44. The molecule has 300 valence electrons. The maximum absolute atomic E-state index is 13.2. The number of urea groups is 2. The van der Waals surface area contributed by atoms with Crippen LogP contribution in [0.2, 0.25) is 0 Å². The number of nitrogens with zero attached hydrogens (tertiary/aromatic N) is 2. The van der Waals surface area contributed by atoms with Crippen LogP contribution in [0.5, 0.6) is 0 Å². The fourth-order valence-electron chi connectivity index (χ4n) is 6.24. The lowest BCUT2D eigenvalue weighted by molar-refractivity contribution is 0.0797. The molecule has 0 heterocycles. The number of ether oxygens (including phenoxy) is 2. The third-order valence-corrected chi connectivity index (χ3v) is 9.44. The van der Waals surface area contributed by atoms with E-state index in [0.29, 0.717) is 39.4 Å². The van der Waals surface area contributed by atoms with Gasteiger partial charge in [0.2, 0.25) is 0 Å². The standard InChI is InChI=1S/C43H72N4O6/c1-3-5-7-9-11-13-15-17-27-46(29-33-52-35-31-48)42(50)44-40-23-19-38(20-24-40)37-39-21-25-41(26-22-39)45-43(51)47(30-34-53-36-32-49)28-18-16-14-12-10-8-6-4-2/h19-26,48-49H,3-18,27-37H2,1-2H3,(H,44,50)(H,45,51). The first-order chi connectivity index (χ1) is 26.0. The molecule has 2 aromatic carbocycles. The predicted octanol–water partition coefficient (Wildman–Crippen LogP) is 9.24. The first kappa shape index (κ1) is 46.0. The summed E-state index contributed by atoms with van der Waals surface area (Å²) in [6, 6.07) is 15.6. The van der Waals surface area contributed by atoms with Gasteiger partial charge in [0.25, 0.3) is 0 Å². The number of nitrogens with one attached hydrogen (secondary N) is 2. The Kier molecular flexibility index (Phi) is 27.1. The van der Waals surface area contributed by atoms with E-state index in [1.165, 1.54) is 77.0 Å². The van der Waals surface area contributed by atoms with Crippen LogP contribution in [0.4, 0.5) is 21.0 Å². The summed E-state index contributed by atoms with van der Waals surface area (Å²) >= 11 is 0. The summed E-state index contributed by atoms with van der Waals surface area (Å²) < 4.78 is 10.9. The van der Waals surface area contributed by atoms with E-state index >= 15 is 0 Å². The van der Waals surface area contributed by atoms with Crippen molar-refractivity contribution < 1.29 is 29.3 Å². The van der Waals surface area contributed by atoms with Crippen molar-refractivity contribution in [1.29, 1.82) is 0 Å². The summed E-state index contributed by atoms with van der Waals surface area (Å²) in [6.07, 6.45) is 20.1. The molecular weight excluding hydrogens is 668 g/mol. The van der Waals surface area contributed by atoms with Crippen molar-refractivity contribution in [2.24, 2.45) is 0 Å². The van der Waals surface area contributed by atoms with Gasteiger partial charge < -0.3 is 40.1 Å². The molecule has 0 aliphatic rings. The van der Waals surface area contributed by atoms with Gasteiger partial charge in [-0.25, -0.2) is 9.59 Å². The number of anilines is 2. The Hall–Kier alpha value is -3.18. The van der Waals surface area contributed by atoms with Crippen molar-refractivity contribution in [2.45, 2.75) is 123 Å². The highest BCUT2D eigenvalue weighted by Crippen LogP contribution is 2.18. The molecule has 0 radical (unpaired) electrons. The molecule has 0 aliphatic heterocycles. The lowest BCUT2D eigenvalue weighted by atomic mass is 10.0. The molecule has 0 saturated heterocycles. The van der Waals surface area contributed by atoms with Gasteiger partial charge in [0.1, 0.15) is 0 Å². The van der Waals surface area contributed by atoms with Crippen molar-refractivity contribution in [1.82, 2.24) is 9.80 Å². The van der Waals surface area contributed by atoms with Crippen LogP contribution in [0, 0.1) is 0 Å². The molecule has 0 spiro atoms. The van der Waals surface area contributed by atoms with E-state index in [-0.39, 0.29) is 38.5 Å². The van der Waals surface area contributed by atoms with Gasteiger partial charge in [0.15, 0.2) is 0 Å². The van der Waals surface area contributed by atoms with Crippen LogP contribution in [0.15, 0.2) is 48.5 Å². The largest absolute Gasteiger partial charge is 0.394 e. The normalized spacial score (nSPS) is 11.1. The molecular formula is C43H72N4O6. The zero-order chi connectivity index (χ0) is 38.2. The van der Waals surface area contributed by atoms with Gasteiger partial charge >= 0.3 is 12.1 Å². The molecule has 0 atom stereocenters. The van der Waals surface area contributed by atoms with E-state index in [1.54, 1.807) is 0 Å². The Morgan fingerprint density at radius 3 is 1.17 bits per heavy atom. The fraction of sp³-hybridized carbons (Fsp3) is 0.674. The maximum Gasteiger partial charge on any atom is 0.321 e. The van der Waals surface area contributed by atoms with E-state index in [2.05, 4.69) is 24.5 Å². The Balaban J connectivity index is 1.85. The van der Waals surface area contributed by atoms with Gasteiger partial charge in [0.05, 0.1) is 39.6 Å². The SMILES string of the molecule is CCCCCCCCCCN(CCOCCO)C(=O)Nc1ccc(Cc2ccc(NC(=O)N(CCCCCCCCCC)CCOCCO)cc2)cc1. The molecule has 10 heteroatoms.